The predicted octanol–water partition coefficient (Wildman–Crippen LogP) is 4.05. The van der Waals surface area contributed by atoms with Crippen molar-refractivity contribution in [3.63, 3.8) is 0 Å². The van der Waals surface area contributed by atoms with Crippen molar-refractivity contribution >= 4 is 16.5 Å². The first-order chi connectivity index (χ1) is 12.2. The van der Waals surface area contributed by atoms with Gasteiger partial charge in [0.15, 0.2) is 0 Å². The largest absolute Gasteiger partial charge is 0.269 e. The van der Waals surface area contributed by atoms with E-state index in [9.17, 15) is 10.1 Å². The third-order valence-electron chi connectivity index (χ3n) is 4.10. The maximum Gasteiger partial charge on any atom is 0.269 e. The fraction of sp³-hybridized carbons (Fsp3) is 0.0526. The summed E-state index contributed by atoms with van der Waals surface area (Å²) in [4.78, 5) is 10.3. The molecular formula is C19H14N4O2. The summed E-state index contributed by atoms with van der Waals surface area (Å²) in [5.74, 6) is 0. The molecule has 0 aliphatic rings. The third kappa shape index (κ3) is 2.97. The van der Waals surface area contributed by atoms with Crippen LogP contribution in [0.25, 0.3) is 22.0 Å². The van der Waals surface area contributed by atoms with Gasteiger partial charge in [0.05, 0.1) is 17.7 Å². The van der Waals surface area contributed by atoms with Crippen molar-refractivity contribution in [2.45, 2.75) is 6.54 Å². The number of hydrogen-bond acceptors (Lipinski definition) is 4. The van der Waals surface area contributed by atoms with Crippen LogP contribution in [0.5, 0.6) is 0 Å². The Balaban J connectivity index is 1.62. The number of nitro benzene ring substituents is 1. The van der Waals surface area contributed by atoms with E-state index in [1.807, 2.05) is 30.5 Å². The highest BCUT2D eigenvalue weighted by molar-refractivity contribution is 5.95. The molecule has 3 aromatic carbocycles. The molecule has 6 heteroatoms. The van der Waals surface area contributed by atoms with Crippen LogP contribution in [0.3, 0.4) is 0 Å². The number of non-ortho nitro benzene ring substituents is 1. The van der Waals surface area contributed by atoms with Gasteiger partial charge in [-0.05, 0) is 16.3 Å². The molecule has 0 aliphatic heterocycles. The van der Waals surface area contributed by atoms with Crippen molar-refractivity contribution in [1.29, 1.82) is 0 Å². The summed E-state index contributed by atoms with van der Waals surface area (Å²) in [7, 11) is 0. The molecule has 4 aromatic rings. The third-order valence-corrected chi connectivity index (χ3v) is 4.10. The van der Waals surface area contributed by atoms with Gasteiger partial charge in [-0.25, -0.2) is 4.68 Å². The van der Waals surface area contributed by atoms with Crippen LogP contribution in [0.2, 0.25) is 0 Å². The molecule has 1 aromatic heterocycles. The van der Waals surface area contributed by atoms with Gasteiger partial charge in [0.1, 0.15) is 5.69 Å². The second kappa shape index (κ2) is 6.16. The highest BCUT2D eigenvalue weighted by Crippen LogP contribution is 2.26. The zero-order valence-electron chi connectivity index (χ0n) is 13.2. The Morgan fingerprint density at radius 2 is 1.72 bits per heavy atom. The van der Waals surface area contributed by atoms with Crippen molar-refractivity contribution in [1.82, 2.24) is 15.0 Å². The summed E-state index contributed by atoms with van der Waals surface area (Å²) in [6.45, 7) is 0.510. The Bertz CT molecular complexity index is 1050. The highest BCUT2D eigenvalue weighted by Gasteiger charge is 2.09. The van der Waals surface area contributed by atoms with E-state index < -0.39 is 4.92 Å². The van der Waals surface area contributed by atoms with Crippen molar-refractivity contribution in [3.8, 4) is 11.3 Å². The van der Waals surface area contributed by atoms with Crippen LogP contribution in [0.1, 0.15) is 5.56 Å². The SMILES string of the molecule is O=[N+]([O-])c1ccc(Cn2cc(-c3cccc4ccccc34)nn2)cc1. The molecule has 0 saturated carbocycles. The van der Waals surface area contributed by atoms with Crippen molar-refractivity contribution in [2.75, 3.05) is 0 Å². The summed E-state index contributed by atoms with van der Waals surface area (Å²) in [5.41, 5.74) is 2.85. The summed E-state index contributed by atoms with van der Waals surface area (Å²) in [6, 6.07) is 20.7. The molecule has 0 amide bonds. The van der Waals surface area contributed by atoms with E-state index in [2.05, 4.69) is 28.5 Å². The summed E-state index contributed by atoms with van der Waals surface area (Å²) in [6.07, 6.45) is 1.89. The second-order valence-electron chi connectivity index (χ2n) is 5.75. The Labute approximate surface area is 143 Å². The van der Waals surface area contributed by atoms with Crippen LogP contribution in [0.4, 0.5) is 5.69 Å². The van der Waals surface area contributed by atoms with E-state index in [-0.39, 0.29) is 5.69 Å². The number of hydrogen-bond donors (Lipinski definition) is 0. The van der Waals surface area contributed by atoms with Gasteiger partial charge < -0.3 is 0 Å². The molecule has 0 N–H and O–H groups in total. The van der Waals surface area contributed by atoms with Crippen LogP contribution in [-0.4, -0.2) is 19.9 Å². The van der Waals surface area contributed by atoms with Gasteiger partial charge >= 0.3 is 0 Å². The molecule has 0 bridgehead atoms. The van der Waals surface area contributed by atoms with Gasteiger partial charge in [-0.3, -0.25) is 10.1 Å². The zero-order chi connectivity index (χ0) is 17.2. The number of fused-ring (bicyclic) bond motifs is 1. The minimum Gasteiger partial charge on any atom is -0.258 e. The van der Waals surface area contributed by atoms with Gasteiger partial charge in [0.25, 0.3) is 5.69 Å². The molecule has 0 unspecified atom stereocenters. The van der Waals surface area contributed by atoms with E-state index >= 15 is 0 Å². The molecule has 0 saturated heterocycles. The van der Waals surface area contributed by atoms with E-state index in [0.717, 1.165) is 27.6 Å². The quantitative estimate of drug-likeness (QED) is 0.418. The van der Waals surface area contributed by atoms with Crippen molar-refractivity contribution < 1.29 is 4.92 Å². The number of rotatable bonds is 4. The Morgan fingerprint density at radius 3 is 2.52 bits per heavy atom. The highest BCUT2D eigenvalue weighted by atomic mass is 16.6. The second-order valence-corrected chi connectivity index (χ2v) is 5.75. The van der Waals surface area contributed by atoms with Crippen LogP contribution in [0.15, 0.2) is 72.9 Å². The van der Waals surface area contributed by atoms with Gasteiger partial charge in [-0.15, -0.1) is 5.10 Å². The van der Waals surface area contributed by atoms with Gasteiger partial charge in [0.2, 0.25) is 0 Å². The number of benzene rings is 3. The lowest BCUT2D eigenvalue weighted by atomic mass is 10.0. The first-order valence-corrected chi connectivity index (χ1v) is 7.82. The number of aromatic nitrogens is 3. The lowest BCUT2D eigenvalue weighted by molar-refractivity contribution is -0.384. The predicted molar refractivity (Wildman–Crippen MR) is 95.2 cm³/mol. The lowest BCUT2D eigenvalue weighted by Gasteiger charge is -2.03. The standard InChI is InChI=1S/C19H14N4O2/c24-23(25)16-10-8-14(9-11-16)12-22-13-19(20-21-22)18-7-3-5-15-4-1-2-6-17(15)18/h1-11,13H,12H2. The van der Waals surface area contributed by atoms with Crippen molar-refractivity contribution in [3.05, 3.63) is 88.6 Å². The van der Waals surface area contributed by atoms with Gasteiger partial charge in [-0.2, -0.15) is 0 Å². The van der Waals surface area contributed by atoms with E-state index in [1.165, 1.54) is 12.1 Å². The topological polar surface area (TPSA) is 73.8 Å². The van der Waals surface area contributed by atoms with Crippen LogP contribution in [-0.2, 0) is 6.54 Å². The van der Waals surface area contributed by atoms with Crippen LogP contribution >= 0.6 is 0 Å². The molecular weight excluding hydrogens is 316 g/mol. The smallest absolute Gasteiger partial charge is 0.258 e. The maximum absolute atomic E-state index is 10.7. The molecule has 0 atom stereocenters. The van der Waals surface area contributed by atoms with Crippen molar-refractivity contribution in [2.24, 2.45) is 0 Å². The first kappa shape index (κ1) is 15.0. The fourth-order valence-electron chi connectivity index (χ4n) is 2.86. The lowest BCUT2D eigenvalue weighted by Crippen LogP contribution is -2.00. The average Bonchev–Trinajstić information content (AvgIpc) is 3.10. The molecule has 0 aliphatic carbocycles. The Kier molecular flexibility index (Phi) is 3.70. The minimum atomic E-state index is -0.405. The minimum absolute atomic E-state index is 0.0822. The molecule has 25 heavy (non-hydrogen) atoms. The average molecular weight is 330 g/mol. The normalized spacial score (nSPS) is 10.9. The molecule has 122 valence electrons. The Hall–Kier alpha value is -3.54. The molecule has 0 radical (unpaired) electrons. The molecule has 1 heterocycles. The Morgan fingerprint density at radius 1 is 0.960 bits per heavy atom. The summed E-state index contributed by atoms with van der Waals surface area (Å²) < 4.78 is 1.73. The number of nitro groups is 1. The number of nitrogens with zero attached hydrogens (tertiary/aromatic N) is 4. The zero-order valence-corrected chi connectivity index (χ0v) is 13.2. The van der Waals surface area contributed by atoms with E-state index in [4.69, 9.17) is 0 Å². The summed E-state index contributed by atoms with van der Waals surface area (Å²) in [5, 5.41) is 21.5. The molecule has 0 fully saturated rings. The maximum atomic E-state index is 10.7. The first-order valence-electron chi connectivity index (χ1n) is 7.82. The van der Waals surface area contributed by atoms with Crippen LogP contribution < -0.4 is 0 Å². The van der Waals surface area contributed by atoms with E-state index in [0.29, 0.717) is 6.54 Å². The van der Waals surface area contributed by atoms with Gasteiger partial charge in [-0.1, -0.05) is 59.8 Å². The molecule has 4 rings (SSSR count). The van der Waals surface area contributed by atoms with Crippen LogP contribution in [0, 0.1) is 10.1 Å². The van der Waals surface area contributed by atoms with E-state index in [1.54, 1.807) is 16.8 Å². The van der Waals surface area contributed by atoms with Gasteiger partial charge in [0, 0.05) is 17.7 Å². The molecule has 0 spiro atoms. The summed E-state index contributed by atoms with van der Waals surface area (Å²) >= 11 is 0. The molecule has 6 nitrogen and oxygen atoms in total. The fourth-order valence-corrected chi connectivity index (χ4v) is 2.86. The monoisotopic (exact) mass is 330 g/mol.